The van der Waals surface area contributed by atoms with Crippen LogP contribution in [0.15, 0.2) is 24.3 Å². The van der Waals surface area contributed by atoms with Gasteiger partial charge in [0.2, 0.25) is 5.78 Å². The van der Waals surface area contributed by atoms with E-state index in [1.807, 2.05) is 6.07 Å². The van der Waals surface area contributed by atoms with E-state index in [0.717, 1.165) is 22.1 Å². The summed E-state index contributed by atoms with van der Waals surface area (Å²) in [5.74, 6) is 0.846. The molecule has 0 fully saturated rings. The van der Waals surface area contributed by atoms with Crippen LogP contribution in [0.25, 0.3) is 10.8 Å². The maximum atomic E-state index is 12.2. The number of fused-ring (bicyclic) bond motifs is 4. The predicted molar refractivity (Wildman–Crippen MR) is 89.1 cm³/mol. The number of Topliss-reactive ketones (excluding diaryl/α,β-unsaturated/α-hetero) is 1. The SMILES string of the molecule is CC1(C)CCC(C)(C)c2cc3c4c(ccc3cc21)OCC4=O. The number of hydrogen-bond donors (Lipinski definition) is 0. The van der Waals surface area contributed by atoms with Gasteiger partial charge in [0, 0.05) is 0 Å². The fourth-order valence-electron chi connectivity index (χ4n) is 3.99. The maximum Gasteiger partial charge on any atom is 0.204 e. The number of rotatable bonds is 0. The van der Waals surface area contributed by atoms with Crippen molar-refractivity contribution in [3.05, 3.63) is 41.0 Å². The standard InChI is InChI=1S/C20H22O2/c1-19(2)7-8-20(3,4)15-10-13-12(9-14(15)19)5-6-17-18(13)16(21)11-22-17/h5-6,9-10H,7-8,11H2,1-4H3. The number of benzene rings is 2. The van der Waals surface area contributed by atoms with Crippen LogP contribution in [0.1, 0.15) is 62.0 Å². The second kappa shape index (κ2) is 4.13. The summed E-state index contributed by atoms with van der Waals surface area (Å²) < 4.78 is 5.51. The number of carbonyl (C=O) groups excluding carboxylic acids is 1. The van der Waals surface area contributed by atoms with E-state index in [9.17, 15) is 4.79 Å². The molecule has 0 saturated carbocycles. The van der Waals surface area contributed by atoms with Gasteiger partial charge in [0.15, 0.2) is 6.61 Å². The van der Waals surface area contributed by atoms with Crippen molar-refractivity contribution in [2.24, 2.45) is 0 Å². The van der Waals surface area contributed by atoms with E-state index in [-0.39, 0.29) is 23.2 Å². The molecule has 1 aliphatic heterocycles. The molecule has 0 N–H and O–H groups in total. The van der Waals surface area contributed by atoms with E-state index in [1.54, 1.807) is 0 Å². The first kappa shape index (κ1) is 13.8. The molecule has 0 unspecified atom stereocenters. The van der Waals surface area contributed by atoms with E-state index in [1.165, 1.54) is 24.0 Å². The van der Waals surface area contributed by atoms with Crippen LogP contribution in [0.5, 0.6) is 5.75 Å². The Bertz CT molecular complexity index is 812. The van der Waals surface area contributed by atoms with Gasteiger partial charge in [-0.05, 0) is 57.7 Å². The molecule has 2 aromatic rings. The van der Waals surface area contributed by atoms with Crippen molar-refractivity contribution in [1.29, 1.82) is 0 Å². The summed E-state index contributed by atoms with van der Waals surface area (Å²) in [7, 11) is 0. The minimum Gasteiger partial charge on any atom is -0.485 e. The van der Waals surface area contributed by atoms with Crippen LogP contribution in [-0.4, -0.2) is 12.4 Å². The Balaban J connectivity index is 2.09. The lowest BCUT2D eigenvalue weighted by Crippen LogP contribution is -2.33. The highest BCUT2D eigenvalue weighted by Crippen LogP contribution is 2.48. The van der Waals surface area contributed by atoms with Crippen LogP contribution in [0.2, 0.25) is 0 Å². The third-order valence-corrected chi connectivity index (χ3v) is 5.59. The van der Waals surface area contributed by atoms with E-state index < -0.39 is 0 Å². The highest BCUT2D eigenvalue weighted by atomic mass is 16.5. The third kappa shape index (κ3) is 1.76. The lowest BCUT2D eigenvalue weighted by Gasteiger charge is -2.42. The molecule has 0 atom stereocenters. The Morgan fingerprint density at radius 1 is 0.955 bits per heavy atom. The summed E-state index contributed by atoms with van der Waals surface area (Å²) in [4.78, 5) is 12.2. The Morgan fingerprint density at radius 3 is 2.27 bits per heavy atom. The second-order valence-electron chi connectivity index (χ2n) is 8.04. The molecule has 1 aliphatic carbocycles. The Labute approximate surface area is 131 Å². The molecule has 2 aromatic carbocycles. The van der Waals surface area contributed by atoms with Crippen LogP contribution >= 0.6 is 0 Å². The van der Waals surface area contributed by atoms with Crippen LogP contribution in [0.3, 0.4) is 0 Å². The van der Waals surface area contributed by atoms with Crippen LogP contribution in [0, 0.1) is 0 Å². The molecular formula is C20H22O2. The second-order valence-corrected chi connectivity index (χ2v) is 8.04. The van der Waals surface area contributed by atoms with Crippen molar-refractivity contribution in [3.63, 3.8) is 0 Å². The van der Waals surface area contributed by atoms with Gasteiger partial charge in [0.05, 0.1) is 5.56 Å². The van der Waals surface area contributed by atoms with Crippen molar-refractivity contribution in [1.82, 2.24) is 0 Å². The van der Waals surface area contributed by atoms with Crippen molar-refractivity contribution >= 4 is 16.6 Å². The molecule has 0 aromatic heterocycles. The minimum absolute atomic E-state index is 0.105. The lowest BCUT2D eigenvalue weighted by molar-refractivity contribution is 0.0962. The average Bonchev–Trinajstić information content (AvgIpc) is 2.85. The zero-order valence-electron chi connectivity index (χ0n) is 13.7. The smallest absolute Gasteiger partial charge is 0.204 e. The zero-order chi connectivity index (χ0) is 15.7. The van der Waals surface area contributed by atoms with Gasteiger partial charge < -0.3 is 4.74 Å². The number of carbonyl (C=O) groups is 1. The summed E-state index contributed by atoms with van der Waals surface area (Å²) >= 11 is 0. The molecule has 114 valence electrons. The van der Waals surface area contributed by atoms with Gasteiger partial charge in [-0.15, -0.1) is 0 Å². The highest BCUT2D eigenvalue weighted by Gasteiger charge is 2.37. The zero-order valence-corrected chi connectivity index (χ0v) is 13.7. The first-order valence-corrected chi connectivity index (χ1v) is 8.07. The summed E-state index contributed by atoms with van der Waals surface area (Å²) in [6, 6.07) is 8.59. The van der Waals surface area contributed by atoms with Gasteiger partial charge in [-0.3, -0.25) is 4.79 Å². The van der Waals surface area contributed by atoms with E-state index in [0.29, 0.717) is 0 Å². The minimum atomic E-state index is 0.105. The first-order valence-electron chi connectivity index (χ1n) is 8.07. The largest absolute Gasteiger partial charge is 0.485 e. The third-order valence-electron chi connectivity index (χ3n) is 5.59. The quantitative estimate of drug-likeness (QED) is 0.700. The van der Waals surface area contributed by atoms with E-state index >= 15 is 0 Å². The summed E-state index contributed by atoms with van der Waals surface area (Å²) in [5.41, 5.74) is 3.95. The molecule has 2 nitrogen and oxygen atoms in total. The van der Waals surface area contributed by atoms with Gasteiger partial charge in [0.25, 0.3) is 0 Å². The maximum absolute atomic E-state index is 12.2. The molecule has 1 heterocycles. The van der Waals surface area contributed by atoms with E-state index in [4.69, 9.17) is 4.74 Å². The van der Waals surface area contributed by atoms with Gasteiger partial charge >= 0.3 is 0 Å². The monoisotopic (exact) mass is 294 g/mol. The van der Waals surface area contributed by atoms with Crippen LogP contribution < -0.4 is 4.74 Å². The first-order chi connectivity index (χ1) is 10.3. The lowest BCUT2D eigenvalue weighted by atomic mass is 9.62. The number of hydrogen-bond acceptors (Lipinski definition) is 2. The van der Waals surface area contributed by atoms with Crippen molar-refractivity contribution in [3.8, 4) is 5.75 Å². The van der Waals surface area contributed by atoms with Gasteiger partial charge in [0.1, 0.15) is 5.75 Å². The van der Waals surface area contributed by atoms with Crippen LogP contribution in [-0.2, 0) is 10.8 Å². The van der Waals surface area contributed by atoms with Crippen molar-refractivity contribution in [2.45, 2.75) is 51.4 Å². The number of ketones is 1. The molecule has 4 rings (SSSR count). The molecule has 22 heavy (non-hydrogen) atoms. The molecule has 2 aliphatic rings. The highest BCUT2D eigenvalue weighted by molar-refractivity contribution is 6.13. The van der Waals surface area contributed by atoms with Gasteiger partial charge in [-0.2, -0.15) is 0 Å². The number of ether oxygens (including phenoxy) is 1. The van der Waals surface area contributed by atoms with Crippen LogP contribution in [0.4, 0.5) is 0 Å². The molecule has 2 heteroatoms. The Hall–Kier alpha value is -1.83. The van der Waals surface area contributed by atoms with Gasteiger partial charge in [-0.1, -0.05) is 39.8 Å². The topological polar surface area (TPSA) is 26.3 Å². The Kier molecular flexibility index (Phi) is 2.59. The fourth-order valence-corrected chi connectivity index (χ4v) is 3.99. The molecule has 0 saturated heterocycles. The normalized spacial score (nSPS) is 21.4. The molecule has 0 radical (unpaired) electrons. The molecule has 0 bridgehead atoms. The fraction of sp³-hybridized carbons (Fsp3) is 0.450. The van der Waals surface area contributed by atoms with Gasteiger partial charge in [-0.25, -0.2) is 0 Å². The summed E-state index contributed by atoms with van der Waals surface area (Å²) in [6.07, 6.45) is 2.38. The Morgan fingerprint density at radius 2 is 1.59 bits per heavy atom. The summed E-state index contributed by atoms with van der Waals surface area (Å²) in [6.45, 7) is 9.46. The van der Waals surface area contributed by atoms with Crippen molar-refractivity contribution < 1.29 is 9.53 Å². The molecule has 0 amide bonds. The molecular weight excluding hydrogens is 272 g/mol. The average molecular weight is 294 g/mol. The predicted octanol–water partition coefficient (Wildman–Crippen LogP) is 4.76. The summed E-state index contributed by atoms with van der Waals surface area (Å²) in [5, 5.41) is 2.21. The van der Waals surface area contributed by atoms with E-state index in [2.05, 4.69) is 45.9 Å². The van der Waals surface area contributed by atoms with Crippen molar-refractivity contribution in [2.75, 3.05) is 6.61 Å². The molecule has 0 spiro atoms.